The van der Waals surface area contributed by atoms with Gasteiger partial charge in [0.05, 0.1) is 0 Å². The lowest BCUT2D eigenvalue weighted by Crippen LogP contribution is -2.39. The molecule has 0 atom stereocenters. The van der Waals surface area contributed by atoms with Crippen LogP contribution in [0.15, 0.2) is 18.2 Å². The van der Waals surface area contributed by atoms with Crippen molar-refractivity contribution in [1.29, 1.82) is 0 Å². The Morgan fingerprint density at radius 2 is 1.80 bits per heavy atom. The number of hydrogen-bond acceptors (Lipinski definition) is 1. The van der Waals surface area contributed by atoms with E-state index in [9.17, 15) is 0 Å². The monoisotopic (exact) mass is 243 g/mol. The van der Waals surface area contributed by atoms with E-state index in [1.807, 2.05) is 12.1 Å². The summed E-state index contributed by atoms with van der Waals surface area (Å²) in [5.41, 5.74) is 1.16. The summed E-state index contributed by atoms with van der Waals surface area (Å²) in [5, 5.41) is 4.92. The molecule has 0 amide bonds. The lowest BCUT2D eigenvalue weighted by atomic mass is 9.82. The maximum Gasteiger partial charge on any atom is 0.0424 e. The second-order valence-electron chi connectivity index (χ2n) is 4.43. The summed E-state index contributed by atoms with van der Waals surface area (Å²) in [6.45, 7) is 3.14. The highest BCUT2D eigenvalue weighted by Crippen LogP contribution is 2.27. The van der Waals surface area contributed by atoms with Crippen molar-refractivity contribution in [3.63, 3.8) is 0 Å². The third-order valence-electron chi connectivity index (χ3n) is 2.89. The fourth-order valence-corrected chi connectivity index (χ4v) is 2.62. The molecule has 0 spiro atoms. The van der Waals surface area contributed by atoms with E-state index in [0.29, 0.717) is 16.1 Å². The third kappa shape index (κ3) is 3.10. The topological polar surface area (TPSA) is 12.0 Å². The highest BCUT2D eigenvalue weighted by molar-refractivity contribution is 6.34. The fourth-order valence-electron chi connectivity index (χ4n) is 2.04. The van der Waals surface area contributed by atoms with Crippen molar-refractivity contribution < 1.29 is 0 Å². The van der Waals surface area contributed by atoms with Crippen LogP contribution in [0.5, 0.6) is 0 Å². The Balaban J connectivity index is 1.88. The molecule has 1 aliphatic carbocycles. The lowest BCUT2D eigenvalue weighted by molar-refractivity contribution is 0.240. The first kappa shape index (κ1) is 11.3. The molecule has 0 aliphatic heterocycles. The number of nitrogens with one attached hydrogen (secondary N) is 1. The fraction of sp³-hybridized carbons (Fsp3) is 0.500. The van der Waals surface area contributed by atoms with Crippen molar-refractivity contribution in [1.82, 2.24) is 5.32 Å². The molecule has 0 unspecified atom stereocenters. The molecule has 1 saturated carbocycles. The minimum Gasteiger partial charge on any atom is -0.310 e. The Hall–Kier alpha value is -0.240. The minimum atomic E-state index is 0.678. The van der Waals surface area contributed by atoms with Crippen LogP contribution >= 0.6 is 23.2 Å². The van der Waals surface area contributed by atoms with Crippen LogP contribution in [-0.4, -0.2) is 6.04 Å². The predicted molar refractivity (Wildman–Crippen MR) is 65.5 cm³/mol. The van der Waals surface area contributed by atoms with E-state index >= 15 is 0 Å². The summed E-state index contributed by atoms with van der Waals surface area (Å²) in [5.74, 6) is 0.880. The number of rotatable bonds is 3. The minimum absolute atomic E-state index is 0.678. The lowest BCUT2D eigenvalue weighted by Gasteiger charge is -2.33. The predicted octanol–water partition coefficient (Wildman–Crippen LogP) is 3.88. The Kier molecular flexibility index (Phi) is 3.55. The van der Waals surface area contributed by atoms with Gasteiger partial charge in [-0.2, -0.15) is 0 Å². The van der Waals surface area contributed by atoms with Gasteiger partial charge >= 0.3 is 0 Å². The van der Waals surface area contributed by atoms with Crippen LogP contribution < -0.4 is 5.32 Å². The van der Waals surface area contributed by atoms with Gasteiger partial charge in [0.15, 0.2) is 0 Å². The average Bonchev–Trinajstić information content (AvgIpc) is 2.09. The molecule has 2 rings (SSSR count). The van der Waals surface area contributed by atoms with Crippen molar-refractivity contribution in [3.05, 3.63) is 33.8 Å². The zero-order valence-corrected chi connectivity index (χ0v) is 10.3. The van der Waals surface area contributed by atoms with Crippen molar-refractivity contribution in [2.75, 3.05) is 0 Å². The van der Waals surface area contributed by atoms with E-state index in [1.54, 1.807) is 6.07 Å². The zero-order valence-electron chi connectivity index (χ0n) is 8.76. The van der Waals surface area contributed by atoms with Gasteiger partial charge in [-0.1, -0.05) is 30.1 Å². The van der Waals surface area contributed by atoms with E-state index in [1.165, 1.54) is 12.8 Å². The molecule has 15 heavy (non-hydrogen) atoms. The number of hydrogen-bond donors (Lipinski definition) is 1. The first-order valence-electron chi connectivity index (χ1n) is 5.32. The van der Waals surface area contributed by atoms with Crippen LogP contribution in [0.4, 0.5) is 0 Å². The molecule has 0 radical (unpaired) electrons. The molecule has 0 heterocycles. The van der Waals surface area contributed by atoms with Crippen molar-refractivity contribution in [3.8, 4) is 0 Å². The van der Waals surface area contributed by atoms with Crippen LogP contribution in [-0.2, 0) is 6.54 Å². The van der Waals surface area contributed by atoms with Crippen LogP contribution in [0.3, 0.4) is 0 Å². The molecule has 1 aromatic carbocycles. The van der Waals surface area contributed by atoms with Crippen LogP contribution in [0.1, 0.15) is 25.3 Å². The molecule has 0 aromatic heterocycles. The Morgan fingerprint density at radius 3 is 2.33 bits per heavy atom. The van der Waals surface area contributed by atoms with Gasteiger partial charge < -0.3 is 5.32 Å². The molecular formula is C12H15Cl2N. The van der Waals surface area contributed by atoms with Gasteiger partial charge in [-0.3, -0.25) is 0 Å². The van der Waals surface area contributed by atoms with E-state index in [2.05, 4.69) is 12.2 Å². The first-order valence-corrected chi connectivity index (χ1v) is 6.07. The second kappa shape index (κ2) is 4.73. The average molecular weight is 244 g/mol. The molecule has 1 fully saturated rings. The van der Waals surface area contributed by atoms with E-state index in [4.69, 9.17) is 23.2 Å². The largest absolute Gasteiger partial charge is 0.310 e. The number of halogens is 2. The molecule has 0 saturated heterocycles. The van der Waals surface area contributed by atoms with Gasteiger partial charge in [0.25, 0.3) is 0 Å². The van der Waals surface area contributed by atoms with E-state index < -0.39 is 0 Å². The van der Waals surface area contributed by atoms with Gasteiger partial charge in [0.1, 0.15) is 0 Å². The molecular weight excluding hydrogens is 229 g/mol. The molecule has 1 aromatic rings. The normalized spacial score (nSPS) is 25.0. The summed E-state index contributed by atoms with van der Waals surface area (Å²) in [6, 6.07) is 6.36. The van der Waals surface area contributed by atoms with Gasteiger partial charge in [-0.25, -0.2) is 0 Å². The zero-order chi connectivity index (χ0) is 10.8. The summed E-state index contributed by atoms with van der Waals surface area (Å²) < 4.78 is 0. The smallest absolute Gasteiger partial charge is 0.0424 e. The summed E-state index contributed by atoms with van der Waals surface area (Å²) in [4.78, 5) is 0. The van der Waals surface area contributed by atoms with Gasteiger partial charge in [0, 0.05) is 22.6 Å². The van der Waals surface area contributed by atoms with E-state index in [0.717, 1.165) is 18.0 Å². The standard InChI is InChI=1S/C12H15Cl2N/c1-8-2-12(3-8)15-7-9-4-10(13)6-11(14)5-9/h4-6,8,12,15H,2-3,7H2,1H3. The van der Waals surface area contributed by atoms with Crippen LogP contribution in [0.25, 0.3) is 0 Å². The van der Waals surface area contributed by atoms with Crippen molar-refractivity contribution >= 4 is 23.2 Å². The van der Waals surface area contributed by atoms with E-state index in [-0.39, 0.29) is 0 Å². The molecule has 82 valence electrons. The summed E-state index contributed by atoms with van der Waals surface area (Å²) in [6.07, 6.45) is 2.57. The second-order valence-corrected chi connectivity index (χ2v) is 5.30. The number of benzene rings is 1. The third-order valence-corrected chi connectivity index (χ3v) is 3.33. The highest BCUT2D eigenvalue weighted by Gasteiger charge is 2.24. The molecule has 3 heteroatoms. The highest BCUT2D eigenvalue weighted by atomic mass is 35.5. The van der Waals surface area contributed by atoms with Gasteiger partial charge in [-0.05, 0) is 42.5 Å². The van der Waals surface area contributed by atoms with Crippen molar-refractivity contribution in [2.45, 2.75) is 32.4 Å². The van der Waals surface area contributed by atoms with Crippen LogP contribution in [0.2, 0.25) is 10.0 Å². The van der Waals surface area contributed by atoms with Gasteiger partial charge in [0.2, 0.25) is 0 Å². The molecule has 1 aliphatic rings. The first-order chi connectivity index (χ1) is 7.13. The Morgan fingerprint density at radius 1 is 1.20 bits per heavy atom. The molecule has 1 nitrogen and oxygen atoms in total. The maximum absolute atomic E-state index is 5.92. The molecule has 1 N–H and O–H groups in total. The van der Waals surface area contributed by atoms with Crippen molar-refractivity contribution in [2.24, 2.45) is 5.92 Å². The quantitative estimate of drug-likeness (QED) is 0.850. The maximum atomic E-state index is 5.92. The summed E-state index contributed by atoms with van der Waals surface area (Å²) >= 11 is 11.8. The molecule has 0 bridgehead atoms. The summed E-state index contributed by atoms with van der Waals surface area (Å²) in [7, 11) is 0. The Labute approximate surface area is 101 Å². The van der Waals surface area contributed by atoms with Crippen LogP contribution in [0, 0.1) is 5.92 Å². The Bertz CT molecular complexity index is 325. The SMILES string of the molecule is CC1CC(NCc2cc(Cl)cc(Cl)c2)C1. The van der Waals surface area contributed by atoms with Gasteiger partial charge in [-0.15, -0.1) is 0 Å².